The second kappa shape index (κ2) is 7.08. The number of nitrogens with zero attached hydrogens (tertiary/aromatic N) is 4. The van der Waals surface area contributed by atoms with Crippen LogP contribution in [-0.2, 0) is 0 Å². The van der Waals surface area contributed by atoms with E-state index < -0.39 is 0 Å². The van der Waals surface area contributed by atoms with E-state index in [0.29, 0.717) is 11.7 Å². The number of nitrogens with one attached hydrogen (secondary N) is 1. The third kappa shape index (κ3) is 3.34. The van der Waals surface area contributed by atoms with Gasteiger partial charge in [0.1, 0.15) is 5.69 Å². The molecule has 6 heteroatoms. The van der Waals surface area contributed by atoms with E-state index in [1.54, 1.807) is 0 Å². The van der Waals surface area contributed by atoms with Crippen molar-refractivity contribution in [3.63, 3.8) is 0 Å². The molecule has 0 bridgehead atoms. The zero-order chi connectivity index (χ0) is 17.3. The molecular weight excluding hydrogens is 314 g/mol. The highest BCUT2D eigenvalue weighted by Crippen LogP contribution is 2.37. The van der Waals surface area contributed by atoms with E-state index in [1.807, 2.05) is 16.9 Å². The first kappa shape index (κ1) is 17.0. The number of carbonyl (C=O) groups excluding carboxylic acids is 1. The van der Waals surface area contributed by atoms with E-state index in [2.05, 4.69) is 27.3 Å². The maximum Gasteiger partial charge on any atom is 0.274 e. The molecule has 1 aromatic heterocycles. The van der Waals surface area contributed by atoms with Crippen molar-refractivity contribution < 1.29 is 4.79 Å². The summed E-state index contributed by atoms with van der Waals surface area (Å²) in [5, 5.41) is 8.10. The summed E-state index contributed by atoms with van der Waals surface area (Å²) >= 11 is 0. The smallest absolute Gasteiger partial charge is 0.274 e. The first-order chi connectivity index (χ1) is 12.2. The summed E-state index contributed by atoms with van der Waals surface area (Å²) in [7, 11) is 2.18. The van der Waals surface area contributed by atoms with Crippen molar-refractivity contribution in [1.29, 1.82) is 0 Å². The standard InChI is InChI=1S/C19H31N5O/c1-22-12-13-23(19(15-22)8-3-2-4-9-19)18(25)17-7-11-24(21-17)16-6-5-10-20-14-16/h7,11,16,20H,2-6,8-10,12-15H2,1H3. The molecule has 3 heterocycles. The molecule has 1 aromatic rings. The molecule has 4 rings (SSSR count). The van der Waals surface area contributed by atoms with Gasteiger partial charge in [0.2, 0.25) is 0 Å². The Hall–Kier alpha value is -1.40. The molecule has 1 atom stereocenters. The fourth-order valence-electron chi connectivity index (χ4n) is 4.98. The Bertz CT molecular complexity index is 601. The van der Waals surface area contributed by atoms with Crippen molar-refractivity contribution in [2.45, 2.75) is 56.5 Å². The largest absolute Gasteiger partial charge is 0.329 e. The molecule has 3 fully saturated rings. The van der Waals surface area contributed by atoms with Crippen molar-refractivity contribution in [1.82, 2.24) is 24.9 Å². The number of carbonyl (C=O) groups is 1. The summed E-state index contributed by atoms with van der Waals surface area (Å²) in [5.74, 6) is 0.137. The van der Waals surface area contributed by atoms with E-state index in [0.717, 1.165) is 52.0 Å². The number of hydrogen-bond donors (Lipinski definition) is 1. The van der Waals surface area contributed by atoms with Gasteiger partial charge in [-0.15, -0.1) is 0 Å². The van der Waals surface area contributed by atoms with Crippen molar-refractivity contribution in [2.24, 2.45) is 0 Å². The highest BCUT2D eigenvalue weighted by molar-refractivity contribution is 5.93. The van der Waals surface area contributed by atoms with Crippen LogP contribution in [0.15, 0.2) is 12.3 Å². The van der Waals surface area contributed by atoms with Gasteiger partial charge in [0.05, 0.1) is 11.6 Å². The molecule has 1 spiro atoms. The molecule has 2 aliphatic heterocycles. The zero-order valence-electron chi connectivity index (χ0n) is 15.4. The summed E-state index contributed by atoms with van der Waals surface area (Å²) in [4.78, 5) is 17.8. The average molecular weight is 345 g/mol. The van der Waals surface area contributed by atoms with E-state index in [4.69, 9.17) is 0 Å². The van der Waals surface area contributed by atoms with Crippen LogP contribution in [-0.4, -0.2) is 70.8 Å². The van der Waals surface area contributed by atoms with Crippen molar-refractivity contribution in [3.8, 4) is 0 Å². The zero-order valence-corrected chi connectivity index (χ0v) is 15.4. The number of likely N-dealkylation sites (N-methyl/N-ethyl adjacent to an activating group) is 1. The third-order valence-corrected chi connectivity index (χ3v) is 6.34. The first-order valence-electron chi connectivity index (χ1n) is 9.94. The van der Waals surface area contributed by atoms with Crippen LogP contribution in [0.5, 0.6) is 0 Å². The molecule has 138 valence electrons. The highest BCUT2D eigenvalue weighted by atomic mass is 16.2. The van der Waals surface area contributed by atoms with Crippen LogP contribution in [0, 0.1) is 0 Å². The molecule has 0 aromatic carbocycles. The van der Waals surface area contributed by atoms with Crippen LogP contribution >= 0.6 is 0 Å². The Kier molecular flexibility index (Phi) is 4.82. The van der Waals surface area contributed by atoms with Gasteiger partial charge in [0.15, 0.2) is 0 Å². The van der Waals surface area contributed by atoms with Gasteiger partial charge in [-0.05, 0) is 45.3 Å². The lowest BCUT2D eigenvalue weighted by atomic mass is 9.78. The molecule has 1 saturated carbocycles. The molecular formula is C19H31N5O. The molecule has 6 nitrogen and oxygen atoms in total. The summed E-state index contributed by atoms with van der Waals surface area (Å²) in [6.07, 6.45) is 10.4. The first-order valence-corrected chi connectivity index (χ1v) is 9.94. The van der Waals surface area contributed by atoms with E-state index in [9.17, 15) is 4.79 Å². The van der Waals surface area contributed by atoms with Crippen molar-refractivity contribution in [2.75, 3.05) is 39.8 Å². The summed E-state index contributed by atoms with van der Waals surface area (Å²) in [6.45, 7) is 4.83. The summed E-state index contributed by atoms with van der Waals surface area (Å²) in [6, 6.07) is 2.30. The Morgan fingerprint density at radius 2 is 2.08 bits per heavy atom. The van der Waals surface area contributed by atoms with Gasteiger partial charge in [-0.1, -0.05) is 19.3 Å². The van der Waals surface area contributed by atoms with Gasteiger partial charge in [-0.2, -0.15) is 5.10 Å². The number of aromatic nitrogens is 2. The second-order valence-corrected chi connectivity index (χ2v) is 8.16. The number of piperidine rings is 1. The number of piperazine rings is 1. The number of amides is 1. The van der Waals surface area contributed by atoms with Gasteiger partial charge in [0, 0.05) is 32.4 Å². The highest BCUT2D eigenvalue weighted by Gasteiger charge is 2.44. The van der Waals surface area contributed by atoms with Crippen molar-refractivity contribution in [3.05, 3.63) is 18.0 Å². The minimum absolute atomic E-state index is 0.0263. The minimum atomic E-state index is 0.0263. The molecule has 1 amide bonds. The van der Waals surface area contributed by atoms with Gasteiger partial charge in [-0.3, -0.25) is 9.48 Å². The summed E-state index contributed by atoms with van der Waals surface area (Å²) < 4.78 is 2.00. The van der Waals surface area contributed by atoms with E-state index in [-0.39, 0.29) is 11.4 Å². The third-order valence-electron chi connectivity index (χ3n) is 6.34. The van der Waals surface area contributed by atoms with Gasteiger partial charge < -0.3 is 15.1 Å². The lowest BCUT2D eigenvalue weighted by Crippen LogP contribution is -2.63. The monoisotopic (exact) mass is 345 g/mol. The fraction of sp³-hybridized carbons (Fsp3) is 0.789. The topological polar surface area (TPSA) is 53.4 Å². The molecule has 25 heavy (non-hydrogen) atoms. The molecule has 1 aliphatic carbocycles. The fourth-order valence-corrected chi connectivity index (χ4v) is 4.98. The normalized spacial score (nSPS) is 27.6. The van der Waals surface area contributed by atoms with Crippen LogP contribution in [0.25, 0.3) is 0 Å². The lowest BCUT2D eigenvalue weighted by molar-refractivity contribution is -0.00824. The summed E-state index contributed by atoms with van der Waals surface area (Å²) in [5.41, 5.74) is 0.651. The SMILES string of the molecule is CN1CCN(C(=O)c2ccn(C3CCCNC3)n2)C2(CCCCC2)C1. The molecule has 3 aliphatic rings. The van der Waals surface area contributed by atoms with Crippen LogP contribution in [0.4, 0.5) is 0 Å². The van der Waals surface area contributed by atoms with Crippen LogP contribution in [0.3, 0.4) is 0 Å². The minimum Gasteiger partial charge on any atom is -0.329 e. The van der Waals surface area contributed by atoms with E-state index >= 15 is 0 Å². The molecule has 0 radical (unpaired) electrons. The number of hydrogen-bond acceptors (Lipinski definition) is 4. The Morgan fingerprint density at radius 3 is 2.84 bits per heavy atom. The van der Waals surface area contributed by atoms with Crippen LogP contribution in [0.1, 0.15) is 61.5 Å². The molecule has 2 saturated heterocycles. The van der Waals surface area contributed by atoms with Gasteiger partial charge in [-0.25, -0.2) is 0 Å². The molecule has 1 unspecified atom stereocenters. The maximum absolute atomic E-state index is 13.3. The second-order valence-electron chi connectivity index (χ2n) is 8.16. The average Bonchev–Trinajstić information content (AvgIpc) is 3.13. The predicted octanol–water partition coefficient (Wildman–Crippen LogP) is 1.90. The van der Waals surface area contributed by atoms with Gasteiger partial charge >= 0.3 is 0 Å². The quantitative estimate of drug-likeness (QED) is 0.889. The van der Waals surface area contributed by atoms with E-state index in [1.165, 1.54) is 25.7 Å². The number of rotatable bonds is 2. The van der Waals surface area contributed by atoms with Gasteiger partial charge in [0.25, 0.3) is 5.91 Å². The Morgan fingerprint density at radius 1 is 1.24 bits per heavy atom. The van der Waals surface area contributed by atoms with Crippen LogP contribution < -0.4 is 5.32 Å². The maximum atomic E-state index is 13.3. The Balaban J connectivity index is 1.53. The van der Waals surface area contributed by atoms with Crippen molar-refractivity contribution >= 4 is 5.91 Å². The van der Waals surface area contributed by atoms with Crippen LogP contribution in [0.2, 0.25) is 0 Å². The molecule has 1 N–H and O–H groups in total. The lowest BCUT2D eigenvalue weighted by Gasteiger charge is -2.52. The Labute approximate surface area is 150 Å². The predicted molar refractivity (Wildman–Crippen MR) is 97.7 cm³/mol.